The summed E-state index contributed by atoms with van der Waals surface area (Å²) in [5.74, 6) is -1.16. The van der Waals surface area contributed by atoms with Gasteiger partial charge in [-0.25, -0.2) is 4.39 Å². The number of aliphatic hydroxyl groups excluding tert-OH is 1. The van der Waals surface area contributed by atoms with Crippen LogP contribution in [0.25, 0.3) is 0 Å². The van der Waals surface area contributed by atoms with Gasteiger partial charge in [0.2, 0.25) is 0 Å². The number of nitrogens with one attached hydrogen (secondary N) is 1. The summed E-state index contributed by atoms with van der Waals surface area (Å²) in [7, 11) is 0. The molecule has 2 unspecified atom stereocenters. The fourth-order valence-corrected chi connectivity index (χ4v) is 1.51. The maximum atomic E-state index is 13.3. The van der Waals surface area contributed by atoms with Gasteiger partial charge in [0.15, 0.2) is 0 Å². The molecule has 17 heavy (non-hydrogen) atoms. The number of benzene rings is 1. The molecule has 0 heterocycles. The van der Waals surface area contributed by atoms with Crippen LogP contribution >= 0.6 is 15.9 Å². The molecule has 1 aromatic rings. The molecule has 6 heteroatoms. The standard InChI is InChI=1S/C11H14BrFN2O2/c1-6(16)10(14)5-15-11(17)8-4-7(12)2-3-9(8)13/h2-4,6,10,16H,5,14H2,1H3,(H,15,17). The smallest absolute Gasteiger partial charge is 0.254 e. The van der Waals surface area contributed by atoms with Crippen LogP contribution in [0.3, 0.4) is 0 Å². The predicted molar refractivity (Wildman–Crippen MR) is 66.1 cm³/mol. The van der Waals surface area contributed by atoms with Crippen LogP contribution in [-0.4, -0.2) is 29.7 Å². The summed E-state index contributed by atoms with van der Waals surface area (Å²) in [6, 6.07) is 3.52. The highest BCUT2D eigenvalue weighted by atomic mass is 79.9. The minimum atomic E-state index is -0.734. The zero-order valence-corrected chi connectivity index (χ0v) is 10.9. The Morgan fingerprint density at radius 3 is 2.88 bits per heavy atom. The lowest BCUT2D eigenvalue weighted by molar-refractivity contribution is 0.0933. The van der Waals surface area contributed by atoms with Crippen molar-refractivity contribution in [3.8, 4) is 0 Å². The van der Waals surface area contributed by atoms with E-state index in [2.05, 4.69) is 21.2 Å². The van der Waals surface area contributed by atoms with E-state index in [-0.39, 0.29) is 12.1 Å². The van der Waals surface area contributed by atoms with Gasteiger partial charge in [-0.2, -0.15) is 0 Å². The number of hydrogen-bond acceptors (Lipinski definition) is 3. The number of rotatable bonds is 4. The number of carbonyl (C=O) groups excluding carboxylic acids is 1. The van der Waals surface area contributed by atoms with Crippen molar-refractivity contribution in [2.45, 2.75) is 19.1 Å². The molecule has 0 aliphatic rings. The van der Waals surface area contributed by atoms with Crippen LogP contribution in [0.4, 0.5) is 4.39 Å². The van der Waals surface area contributed by atoms with Crippen molar-refractivity contribution in [2.24, 2.45) is 5.73 Å². The number of hydrogen-bond donors (Lipinski definition) is 3. The fourth-order valence-electron chi connectivity index (χ4n) is 1.15. The number of amides is 1. The summed E-state index contributed by atoms with van der Waals surface area (Å²) in [4.78, 5) is 11.6. The van der Waals surface area contributed by atoms with Gasteiger partial charge in [0.25, 0.3) is 5.91 Å². The van der Waals surface area contributed by atoms with Gasteiger partial charge in [0.1, 0.15) is 5.82 Å². The Bertz CT molecular complexity index is 412. The molecule has 0 spiro atoms. The zero-order valence-electron chi connectivity index (χ0n) is 9.28. The third-order valence-corrected chi connectivity index (χ3v) is 2.78. The lowest BCUT2D eigenvalue weighted by atomic mass is 10.1. The average Bonchev–Trinajstić information content (AvgIpc) is 2.28. The minimum absolute atomic E-state index is 0.0582. The second-order valence-electron chi connectivity index (χ2n) is 3.74. The van der Waals surface area contributed by atoms with Crippen molar-refractivity contribution in [2.75, 3.05) is 6.54 Å². The highest BCUT2D eigenvalue weighted by Gasteiger charge is 2.15. The summed E-state index contributed by atoms with van der Waals surface area (Å²) in [5, 5.41) is 11.6. The lowest BCUT2D eigenvalue weighted by Gasteiger charge is -2.15. The summed E-state index contributed by atoms with van der Waals surface area (Å²) in [6.45, 7) is 1.61. The van der Waals surface area contributed by atoms with Gasteiger partial charge >= 0.3 is 0 Å². The first kappa shape index (κ1) is 14.1. The van der Waals surface area contributed by atoms with E-state index in [0.29, 0.717) is 4.47 Å². The van der Waals surface area contributed by atoms with Crippen molar-refractivity contribution in [1.82, 2.24) is 5.32 Å². The first-order valence-electron chi connectivity index (χ1n) is 5.08. The number of aliphatic hydroxyl groups is 1. The quantitative estimate of drug-likeness (QED) is 0.777. The Labute approximate surface area is 107 Å². The van der Waals surface area contributed by atoms with Gasteiger partial charge in [-0.1, -0.05) is 15.9 Å². The monoisotopic (exact) mass is 304 g/mol. The molecule has 1 amide bonds. The van der Waals surface area contributed by atoms with E-state index < -0.39 is 23.9 Å². The first-order valence-corrected chi connectivity index (χ1v) is 5.88. The zero-order chi connectivity index (χ0) is 13.0. The topological polar surface area (TPSA) is 75.3 Å². The third-order valence-electron chi connectivity index (χ3n) is 2.29. The Kier molecular flexibility index (Phi) is 5.04. The fraction of sp³-hybridized carbons (Fsp3) is 0.364. The van der Waals surface area contributed by atoms with Crippen LogP contribution in [0.1, 0.15) is 17.3 Å². The van der Waals surface area contributed by atoms with Gasteiger partial charge in [-0.05, 0) is 25.1 Å². The van der Waals surface area contributed by atoms with Crippen LogP contribution in [0.15, 0.2) is 22.7 Å². The molecule has 4 N–H and O–H groups in total. The molecule has 0 aliphatic heterocycles. The number of carbonyl (C=O) groups is 1. The van der Waals surface area contributed by atoms with Crippen LogP contribution < -0.4 is 11.1 Å². The van der Waals surface area contributed by atoms with Crippen molar-refractivity contribution in [3.05, 3.63) is 34.1 Å². The molecular formula is C11H14BrFN2O2. The molecule has 0 saturated heterocycles. The molecule has 1 rings (SSSR count). The van der Waals surface area contributed by atoms with Gasteiger partial charge in [0, 0.05) is 17.1 Å². The summed E-state index contributed by atoms with van der Waals surface area (Å²) >= 11 is 3.16. The van der Waals surface area contributed by atoms with E-state index in [0.717, 1.165) is 0 Å². The van der Waals surface area contributed by atoms with Crippen LogP contribution in [-0.2, 0) is 0 Å². The molecule has 94 valence electrons. The van der Waals surface area contributed by atoms with Gasteiger partial charge in [0.05, 0.1) is 11.7 Å². The molecule has 2 atom stereocenters. The van der Waals surface area contributed by atoms with Crippen LogP contribution in [0.2, 0.25) is 0 Å². The molecular weight excluding hydrogens is 291 g/mol. The third kappa shape index (κ3) is 4.07. The van der Waals surface area contributed by atoms with Crippen molar-refractivity contribution in [3.63, 3.8) is 0 Å². The summed E-state index contributed by atoms with van der Waals surface area (Å²) < 4.78 is 14.0. The lowest BCUT2D eigenvalue weighted by Crippen LogP contribution is -2.43. The molecule has 0 saturated carbocycles. The predicted octanol–water partition coefficient (Wildman–Crippen LogP) is 1.03. The van der Waals surface area contributed by atoms with E-state index in [4.69, 9.17) is 10.8 Å². The average molecular weight is 305 g/mol. The van der Waals surface area contributed by atoms with Crippen molar-refractivity contribution < 1.29 is 14.3 Å². The number of halogens is 2. The van der Waals surface area contributed by atoms with Gasteiger partial charge < -0.3 is 16.2 Å². The molecule has 1 aromatic carbocycles. The summed E-state index contributed by atoms with van der Waals surface area (Å²) in [5.41, 5.74) is 5.48. The second kappa shape index (κ2) is 6.09. The molecule has 0 fully saturated rings. The SMILES string of the molecule is CC(O)C(N)CNC(=O)c1cc(Br)ccc1F. The van der Waals surface area contributed by atoms with E-state index in [9.17, 15) is 9.18 Å². The molecule has 4 nitrogen and oxygen atoms in total. The van der Waals surface area contributed by atoms with Crippen LogP contribution in [0, 0.1) is 5.82 Å². The first-order chi connectivity index (χ1) is 7.91. The Morgan fingerprint density at radius 2 is 2.29 bits per heavy atom. The Morgan fingerprint density at radius 1 is 1.65 bits per heavy atom. The van der Waals surface area contributed by atoms with Crippen molar-refractivity contribution >= 4 is 21.8 Å². The van der Waals surface area contributed by atoms with E-state index in [1.54, 1.807) is 0 Å². The summed E-state index contributed by atoms with van der Waals surface area (Å²) in [6.07, 6.45) is -0.734. The minimum Gasteiger partial charge on any atom is -0.392 e. The highest BCUT2D eigenvalue weighted by molar-refractivity contribution is 9.10. The molecule has 0 aromatic heterocycles. The largest absolute Gasteiger partial charge is 0.392 e. The van der Waals surface area contributed by atoms with Crippen LogP contribution in [0.5, 0.6) is 0 Å². The number of nitrogens with two attached hydrogens (primary N) is 1. The second-order valence-corrected chi connectivity index (χ2v) is 4.65. The maximum Gasteiger partial charge on any atom is 0.254 e. The molecule has 0 aliphatic carbocycles. The van der Waals surface area contributed by atoms with Gasteiger partial charge in [-0.3, -0.25) is 4.79 Å². The Balaban J connectivity index is 2.67. The normalized spacial score (nSPS) is 14.2. The molecule has 0 bridgehead atoms. The van der Waals surface area contributed by atoms with Gasteiger partial charge in [-0.15, -0.1) is 0 Å². The van der Waals surface area contributed by atoms with E-state index >= 15 is 0 Å². The Hall–Kier alpha value is -0.980. The maximum absolute atomic E-state index is 13.3. The van der Waals surface area contributed by atoms with E-state index in [1.165, 1.54) is 25.1 Å². The van der Waals surface area contributed by atoms with Crippen molar-refractivity contribution in [1.29, 1.82) is 0 Å². The molecule has 0 radical (unpaired) electrons. The highest BCUT2D eigenvalue weighted by Crippen LogP contribution is 2.15. The van der Waals surface area contributed by atoms with E-state index in [1.807, 2.05) is 0 Å².